The van der Waals surface area contributed by atoms with Crippen molar-refractivity contribution >= 4 is 32.6 Å². The fourth-order valence-corrected chi connectivity index (χ4v) is 4.36. The van der Waals surface area contributed by atoms with E-state index in [0.717, 1.165) is 33.0 Å². The number of fused-ring (bicyclic) bond motifs is 2. The van der Waals surface area contributed by atoms with Gasteiger partial charge in [-0.25, -0.2) is 9.97 Å². The molecule has 0 saturated heterocycles. The Kier molecular flexibility index (Phi) is 2.79. The van der Waals surface area contributed by atoms with Gasteiger partial charge in [0.15, 0.2) is 5.65 Å². The van der Waals surface area contributed by atoms with Crippen molar-refractivity contribution in [1.29, 1.82) is 0 Å². The van der Waals surface area contributed by atoms with E-state index in [1.54, 1.807) is 4.68 Å². The Bertz CT molecular complexity index is 1030. The molecule has 4 heterocycles. The topological polar surface area (TPSA) is 43.6 Å². The predicted molar refractivity (Wildman–Crippen MR) is 93.7 cm³/mol. The van der Waals surface area contributed by atoms with Crippen molar-refractivity contribution in [3.05, 3.63) is 41.5 Å². The lowest BCUT2D eigenvalue weighted by atomic mass is 9.84. The molecule has 5 heteroatoms. The number of thiophene rings is 1. The summed E-state index contributed by atoms with van der Waals surface area (Å²) in [5.74, 6) is 0.769. The largest absolute Gasteiger partial charge is 0.273 e. The van der Waals surface area contributed by atoms with E-state index in [4.69, 9.17) is 4.98 Å². The van der Waals surface area contributed by atoms with E-state index in [1.807, 2.05) is 30.8 Å². The van der Waals surface area contributed by atoms with E-state index in [2.05, 4.69) is 34.3 Å². The van der Waals surface area contributed by atoms with E-state index in [-0.39, 0.29) is 0 Å². The minimum absolute atomic E-state index is 0.769. The highest BCUT2D eigenvalue weighted by molar-refractivity contribution is 7.18. The van der Waals surface area contributed by atoms with Crippen molar-refractivity contribution in [3.63, 3.8) is 0 Å². The summed E-state index contributed by atoms with van der Waals surface area (Å²) in [5, 5.41) is 6.63. The van der Waals surface area contributed by atoms with Crippen LogP contribution in [0.15, 0.2) is 36.7 Å². The van der Waals surface area contributed by atoms with Crippen LogP contribution in [0.1, 0.15) is 30.1 Å². The molecule has 0 aliphatic heterocycles. The number of nitrogens with zero attached hydrogens (tertiary/aromatic N) is 4. The SMILES string of the molecule is Cn1cc2cc(-c3ccc4cc(C5CCC5)sc4n3)cnc2n1. The molecular formula is C18H16N4S. The van der Waals surface area contributed by atoms with Crippen LogP contribution in [-0.4, -0.2) is 19.7 Å². The number of rotatable bonds is 2. The van der Waals surface area contributed by atoms with E-state index in [0.29, 0.717) is 0 Å². The van der Waals surface area contributed by atoms with Crippen LogP contribution in [0.2, 0.25) is 0 Å². The van der Waals surface area contributed by atoms with E-state index in [1.165, 1.54) is 29.5 Å². The average molecular weight is 320 g/mol. The van der Waals surface area contributed by atoms with Gasteiger partial charge >= 0.3 is 0 Å². The number of hydrogen-bond donors (Lipinski definition) is 0. The van der Waals surface area contributed by atoms with Gasteiger partial charge in [0.1, 0.15) is 4.83 Å². The van der Waals surface area contributed by atoms with Crippen LogP contribution in [0.5, 0.6) is 0 Å². The van der Waals surface area contributed by atoms with Crippen molar-refractivity contribution < 1.29 is 0 Å². The van der Waals surface area contributed by atoms with Crippen molar-refractivity contribution in [2.75, 3.05) is 0 Å². The fraction of sp³-hybridized carbons (Fsp3) is 0.278. The van der Waals surface area contributed by atoms with Gasteiger partial charge in [0.05, 0.1) is 5.69 Å². The molecule has 0 bridgehead atoms. The maximum absolute atomic E-state index is 4.87. The standard InChI is InChI=1S/C18H16N4S/c1-22-10-14-7-13(9-19-17(14)21-22)15-6-5-12-8-16(11-3-2-4-11)23-18(12)20-15/h5-11H,2-4H2,1H3. The summed E-state index contributed by atoms with van der Waals surface area (Å²) >= 11 is 1.85. The summed E-state index contributed by atoms with van der Waals surface area (Å²) in [7, 11) is 1.92. The predicted octanol–water partition coefficient (Wildman–Crippen LogP) is 4.51. The van der Waals surface area contributed by atoms with Gasteiger partial charge in [-0.2, -0.15) is 5.10 Å². The van der Waals surface area contributed by atoms with E-state index < -0.39 is 0 Å². The smallest absolute Gasteiger partial charge is 0.181 e. The van der Waals surface area contributed by atoms with Crippen LogP contribution in [0.25, 0.3) is 32.5 Å². The zero-order valence-corrected chi connectivity index (χ0v) is 13.7. The fourth-order valence-electron chi connectivity index (χ4n) is 3.16. The van der Waals surface area contributed by atoms with Gasteiger partial charge in [-0.3, -0.25) is 4.68 Å². The molecule has 4 aromatic rings. The molecule has 114 valence electrons. The van der Waals surface area contributed by atoms with Gasteiger partial charge in [0.25, 0.3) is 0 Å². The summed E-state index contributed by atoms with van der Waals surface area (Å²) < 4.78 is 1.79. The van der Waals surface area contributed by atoms with Gasteiger partial charge in [-0.15, -0.1) is 11.3 Å². The number of pyridine rings is 2. The van der Waals surface area contributed by atoms with Crippen LogP contribution in [0.4, 0.5) is 0 Å². The third kappa shape index (κ3) is 2.15. The second kappa shape index (κ2) is 4.86. The molecule has 0 radical (unpaired) electrons. The zero-order chi connectivity index (χ0) is 15.4. The molecular weight excluding hydrogens is 304 g/mol. The van der Waals surface area contributed by atoms with E-state index in [9.17, 15) is 0 Å². The first-order chi connectivity index (χ1) is 11.3. The Morgan fingerprint density at radius 3 is 2.91 bits per heavy atom. The summed E-state index contributed by atoms with van der Waals surface area (Å²) in [5.41, 5.74) is 2.81. The molecule has 0 atom stereocenters. The lowest BCUT2D eigenvalue weighted by Crippen LogP contribution is -2.06. The number of hydrogen-bond acceptors (Lipinski definition) is 4. The molecule has 0 N–H and O–H groups in total. The highest BCUT2D eigenvalue weighted by Gasteiger charge is 2.21. The second-order valence-corrected chi connectivity index (χ2v) is 7.37. The maximum atomic E-state index is 4.87. The van der Waals surface area contributed by atoms with Crippen molar-refractivity contribution in [2.45, 2.75) is 25.2 Å². The van der Waals surface area contributed by atoms with Crippen LogP contribution in [-0.2, 0) is 7.05 Å². The molecule has 4 nitrogen and oxygen atoms in total. The monoisotopic (exact) mass is 320 g/mol. The van der Waals surface area contributed by atoms with Crippen molar-refractivity contribution in [3.8, 4) is 11.3 Å². The van der Waals surface area contributed by atoms with Gasteiger partial charge in [-0.05, 0) is 43.0 Å². The normalized spacial score (nSPS) is 15.3. The summed E-state index contributed by atoms with van der Waals surface area (Å²) in [6.45, 7) is 0. The van der Waals surface area contributed by atoms with Gasteiger partial charge in [0.2, 0.25) is 0 Å². The van der Waals surface area contributed by atoms with E-state index >= 15 is 0 Å². The van der Waals surface area contributed by atoms with Crippen LogP contribution in [0, 0.1) is 0 Å². The minimum atomic E-state index is 0.769. The average Bonchev–Trinajstić information content (AvgIpc) is 3.05. The Hall–Kier alpha value is -2.27. The zero-order valence-electron chi connectivity index (χ0n) is 12.9. The molecule has 1 fully saturated rings. The first-order valence-corrected chi connectivity index (χ1v) is 8.78. The quantitative estimate of drug-likeness (QED) is 0.546. The Labute approximate surface area is 137 Å². The summed E-state index contributed by atoms with van der Waals surface area (Å²) in [6, 6.07) is 8.72. The molecule has 4 aromatic heterocycles. The Morgan fingerprint density at radius 2 is 2.09 bits per heavy atom. The third-order valence-corrected chi connectivity index (χ3v) is 5.89. The molecule has 0 spiro atoms. The summed E-state index contributed by atoms with van der Waals surface area (Å²) in [6.07, 6.45) is 7.89. The van der Waals surface area contributed by atoms with Crippen LogP contribution < -0.4 is 0 Å². The molecule has 0 unspecified atom stereocenters. The molecule has 0 amide bonds. The molecule has 1 aliphatic rings. The lowest BCUT2D eigenvalue weighted by molar-refractivity contribution is 0.426. The molecule has 1 aliphatic carbocycles. The first kappa shape index (κ1) is 13.2. The number of aryl methyl sites for hydroxylation is 1. The van der Waals surface area contributed by atoms with Crippen LogP contribution in [0.3, 0.4) is 0 Å². The highest BCUT2D eigenvalue weighted by Crippen LogP contribution is 2.41. The molecule has 23 heavy (non-hydrogen) atoms. The third-order valence-electron chi connectivity index (χ3n) is 4.68. The maximum Gasteiger partial charge on any atom is 0.181 e. The Morgan fingerprint density at radius 1 is 1.17 bits per heavy atom. The van der Waals surface area contributed by atoms with Gasteiger partial charge in [-0.1, -0.05) is 6.42 Å². The first-order valence-electron chi connectivity index (χ1n) is 7.96. The molecule has 0 aromatic carbocycles. The van der Waals surface area contributed by atoms with Crippen LogP contribution >= 0.6 is 11.3 Å². The second-order valence-electron chi connectivity index (χ2n) is 6.31. The lowest BCUT2D eigenvalue weighted by Gasteiger charge is -2.23. The van der Waals surface area contributed by atoms with Gasteiger partial charge in [0, 0.05) is 40.7 Å². The highest BCUT2D eigenvalue weighted by atomic mass is 32.1. The van der Waals surface area contributed by atoms with Gasteiger partial charge < -0.3 is 0 Å². The number of aromatic nitrogens is 4. The molecule has 5 rings (SSSR count). The summed E-state index contributed by atoms with van der Waals surface area (Å²) in [4.78, 5) is 11.9. The Balaban J connectivity index is 1.59. The molecule has 1 saturated carbocycles. The van der Waals surface area contributed by atoms with Crippen molar-refractivity contribution in [2.24, 2.45) is 7.05 Å². The minimum Gasteiger partial charge on any atom is -0.273 e. The van der Waals surface area contributed by atoms with Crippen molar-refractivity contribution in [1.82, 2.24) is 19.7 Å².